The minimum atomic E-state index is -0.408. The zero-order chi connectivity index (χ0) is 17.8. The fourth-order valence-electron chi connectivity index (χ4n) is 2.85. The van der Waals surface area contributed by atoms with Crippen LogP contribution < -0.4 is 0 Å². The minimum absolute atomic E-state index is 0.0792. The van der Waals surface area contributed by atoms with Gasteiger partial charge in [-0.15, -0.1) is 0 Å². The van der Waals surface area contributed by atoms with Crippen LogP contribution in [0.25, 0.3) is 0 Å². The number of unbranched alkanes of at least 4 members (excludes halogenated alkanes) is 3. The molecule has 0 aliphatic carbocycles. The predicted molar refractivity (Wildman–Crippen MR) is 95.3 cm³/mol. The normalized spacial score (nSPS) is 30.6. The SMILES string of the molecule is CCCCO[C@@H]1[C@@H](OCCCC)[C@H](C)O[C@@H](OC)[C@@H]1OCCCC. The number of hydrogen-bond donors (Lipinski definition) is 0. The van der Waals surface area contributed by atoms with Crippen LogP contribution in [0.2, 0.25) is 0 Å². The van der Waals surface area contributed by atoms with Crippen molar-refractivity contribution in [2.45, 2.75) is 96.9 Å². The van der Waals surface area contributed by atoms with Crippen molar-refractivity contribution in [2.24, 2.45) is 0 Å². The Labute approximate surface area is 148 Å². The molecule has 1 aliphatic rings. The van der Waals surface area contributed by atoms with E-state index in [1.165, 1.54) is 0 Å². The maximum atomic E-state index is 6.20. The first-order chi connectivity index (χ1) is 11.7. The Balaban J connectivity index is 2.79. The summed E-state index contributed by atoms with van der Waals surface area (Å²) in [6.07, 6.45) is 5.40. The van der Waals surface area contributed by atoms with Crippen LogP contribution in [0.4, 0.5) is 0 Å². The van der Waals surface area contributed by atoms with Crippen molar-refractivity contribution in [3.63, 3.8) is 0 Å². The summed E-state index contributed by atoms with van der Waals surface area (Å²) in [4.78, 5) is 0. The molecule has 5 atom stereocenters. The summed E-state index contributed by atoms with van der Waals surface area (Å²) >= 11 is 0. The molecule has 24 heavy (non-hydrogen) atoms. The molecule has 0 spiro atoms. The van der Waals surface area contributed by atoms with Crippen molar-refractivity contribution in [1.82, 2.24) is 0 Å². The zero-order valence-electron chi connectivity index (χ0n) is 16.3. The fourth-order valence-corrected chi connectivity index (χ4v) is 2.85. The van der Waals surface area contributed by atoms with E-state index >= 15 is 0 Å². The first-order valence-corrected chi connectivity index (χ1v) is 9.72. The molecule has 0 N–H and O–H groups in total. The van der Waals surface area contributed by atoms with E-state index in [1.54, 1.807) is 7.11 Å². The van der Waals surface area contributed by atoms with Gasteiger partial charge >= 0.3 is 0 Å². The van der Waals surface area contributed by atoms with Crippen molar-refractivity contribution >= 4 is 0 Å². The first-order valence-electron chi connectivity index (χ1n) is 9.72. The van der Waals surface area contributed by atoms with Crippen molar-refractivity contribution in [1.29, 1.82) is 0 Å². The van der Waals surface area contributed by atoms with Crippen LogP contribution in [0, 0.1) is 0 Å². The zero-order valence-corrected chi connectivity index (χ0v) is 16.3. The number of hydrogen-bond acceptors (Lipinski definition) is 5. The first kappa shape index (κ1) is 21.8. The van der Waals surface area contributed by atoms with Gasteiger partial charge in [0.25, 0.3) is 0 Å². The molecule has 1 heterocycles. The Bertz CT molecular complexity index is 299. The molecular weight excluding hydrogens is 308 g/mol. The summed E-state index contributed by atoms with van der Waals surface area (Å²) in [5.41, 5.74) is 0. The molecular formula is C19H38O5. The Morgan fingerprint density at radius 1 is 0.708 bits per heavy atom. The van der Waals surface area contributed by atoms with Crippen LogP contribution in [0.5, 0.6) is 0 Å². The predicted octanol–water partition coefficient (Wildman–Crippen LogP) is 3.93. The molecule has 0 unspecified atom stereocenters. The Kier molecular flexibility index (Phi) is 11.9. The highest BCUT2D eigenvalue weighted by molar-refractivity contribution is 4.91. The van der Waals surface area contributed by atoms with E-state index in [-0.39, 0.29) is 24.4 Å². The molecule has 0 radical (unpaired) electrons. The number of ether oxygens (including phenoxy) is 5. The molecule has 1 aliphatic heterocycles. The van der Waals surface area contributed by atoms with Crippen LogP contribution in [0.1, 0.15) is 66.2 Å². The van der Waals surface area contributed by atoms with Crippen LogP contribution in [-0.2, 0) is 23.7 Å². The van der Waals surface area contributed by atoms with E-state index in [2.05, 4.69) is 20.8 Å². The number of rotatable bonds is 13. The molecule has 1 rings (SSSR count). The highest BCUT2D eigenvalue weighted by Gasteiger charge is 2.46. The molecule has 1 saturated heterocycles. The van der Waals surface area contributed by atoms with Gasteiger partial charge in [-0.3, -0.25) is 0 Å². The van der Waals surface area contributed by atoms with Crippen LogP contribution in [-0.4, -0.2) is 57.6 Å². The Morgan fingerprint density at radius 3 is 1.62 bits per heavy atom. The lowest BCUT2D eigenvalue weighted by molar-refractivity contribution is -0.309. The quantitative estimate of drug-likeness (QED) is 0.473. The van der Waals surface area contributed by atoms with Gasteiger partial charge in [-0.1, -0.05) is 40.0 Å². The molecule has 0 amide bonds. The lowest BCUT2D eigenvalue weighted by Crippen LogP contribution is -2.60. The van der Waals surface area contributed by atoms with Gasteiger partial charge in [0.1, 0.15) is 18.3 Å². The van der Waals surface area contributed by atoms with E-state index < -0.39 is 6.29 Å². The standard InChI is InChI=1S/C19H38O5/c1-6-9-12-21-16-15(4)24-19(20-5)18(23-14-11-8-3)17(16)22-13-10-7-2/h15-19H,6-14H2,1-5H3/t15-,16-,17+,18+,19+/m0/s1. The second kappa shape index (κ2) is 13.1. The Hall–Kier alpha value is -0.200. The van der Waals surface area contributed by atoms with Crippen molar-refractivity contribution < 1.29 is 23.7 Å². The average molecular weight is 347 g/mol. The van der Waals surface area contributed by atoms with Gasteiger partial charge in [0.15, 0.2) is 6.29 Å². The molecule has 0 aromatic carbocycles. The van der Waals surface area contributed by atoms with Gasteiger partial charge in [-0.05, 0) is 26.2 Å². The maximum Gasteiger partial charge on any atom is 0.186 e. The van der Waals surface area contributed by atoms with E-state index in [0.29, 0.717) is 13.2 Å². The van der Waals surface area contributed by atoms with Gasteiger partial charge in [-0.25, -0.2) is 0 Å². The Morgan fingerprint density at radius 2 is 1.17 bits per heavy atom. The van der Waals surface area contributed by atoms with Crippen LogP contribution >= 0.6 is 0 Å². The van der Waals surface area contributed by atoms with E-state index in [1.807, 2.05) is 6.92 Å². The van der Waals surface area contributed by atoms with Crippen molar-refractivity contribution in [3.05, 3.63) is 0 Å². The van der Waals surface area contributed by atoms with E-state index in [0.717, 1.165) is 45.1 Å². The van der Waals surface area contributed by atoms with Crippen molar-refractivity contribution in [2.75, 3.05) is 26.9 Å². The summed E-state index contributed by atoms with van der Waals surface area (Å²) in [5, 5.41) is 0. The third-order valence-electron chi connectivity index (χ3n) is 4.38. The maximum absolute atomic E-state index is 6.20. The minimum Gasteiger partial charge on any atom is -0.373 e. The summed E-state index contributed by atoms with van der Waals surface area (Å²) in [6, 6.07) is 0. The largest absolute Gasteiger partial charge is 0.373 e. The average Bonchev–Trinajstić information content (AvgIpc) is 2.58. The molecule has 0 bridgehead atoms. The summed E-state index contributed by atoms with van der Waals surface area (Å²) in [6.45, 7) is 10.6. The van der Waals surface area contributed by atoms with Crippen LogP contribution in [0.3, 0.4) is 0 Å². The van der Waals surface area contributed by atoms with Crippen LogP contribution in [0.15, 0.2) is 0 Å². The molecule has 144 valence electrons. The smallest absolute Gasteiger partial charge is 0.186 e. The highest BCUT2D eigenvalue weighted by Crippen LogP contribution is 2.29. The summed E-state index contributed by atoms with van der Waals surface area (Å²) in [5.74, 6) is 0. The molecule has 0 saturated carbocycles. The molecule has 0 aromatic heterocycles. The van der Waals surface area contributed by atoms with E-state index in [9.17, 15) is 0 Å². The number of methoxy groups -OCH3 is 1. The monoisotopic (exact) mass is 346 g/mol. The summed E-state index contributed by atoms with van der Waals surface area (Å²) in [7, 11) is 1.66. The highest BCUT2D eigenvalue weighted by atomic mass is 16.7. The topological polar surface area (TPSA) is 46.2 Å². The fraction of sp³-hybridized carbons (Fsp3) is 1.00. The second-order valence-corrected chi connectivity index (χ2v) is 6.51. The molecule has 0 aromatic rings. The molecule has 1 fully saturated rings. The third kappa shape index (κ3) is 6.96. The lowest BCUT2D eigenvalue weighted by Gasteiger charge is -2.44. The van der Waals surface area contributed by atoms with E-state index in [4.69, 9.17) is 23.7 Å². The molecule has 5 nitrogen and oxygen atoms in total. The van der Waals surface area contributed by atoms with Gasteiger partial charge in [0, 0.05) is 26.9 Å². The second-order valence-electron chi connectivity index (χ2n) is 6.51. The van der Waals surface area contributed by atoms with Gasteiger partial charge in [0.2, 0.25) is 0 Å². The summed E-state index contributed by atoms with van der Waals surface area (Å²) < 4.78 is 30.0. The van der Waals surface area contributed by atoms with Crippen molar-refractivity contribution in [3.8, 4) is 0 Å². The third-order valence-corrected chi connectivity index (χ3v) is 4.38. The lowest BCUT2D eigenvalue weighted by atomic mass is 9.98. The molecule has 5 heteroatoms. The van der Waals surface area contributed by atoms with Gasteiger partial charge < -0.3 is 23.7 Å². The van der Waals surface area contributed by atoms with Gasteiger partial charge in [0.05, 0.1) is 6.10 Å². The van der Waals surface area contributed by atoms with Gasteiger partial charge in [-0.2, -0.15) is 0 Å².